The summed E-state index contributed by atoms with van der Waals surface area (Å²) in [6, 6.07) is 0. The molecule has 0 heterocycles. The van der Waals surface area contributed by atoms with Crippen LogP contribution in [0.25, 0.3) is 0 Å². The second-order valence-corrected chi connectivity index (χ2v) is 4.39. The zero-order valence-corrected chi connectivity index (χ0v) is 10.1. The number of carbonyl (C=O) groups is 1. The molecule has 1 saturated carbocycles. The maximum atomic E-state index is 14.1. The van der Waals surface area contributed by atoms with Crippen LogP contribution in [0.15, 0.2) is 12.7 Å². The van der Waals surface area contributed by atoms with Gasteiger partial charge in [-0.05, 0) is 18.9 Å². The van der Waals surface area contributed by atoms with Gasteiger partial charge in [-0.1, -0.05) is 25.8 Å². The fourth-order valence-corrected chi connectivity index (χ4v) is 2.27. The fourth-order valence-electron chi connectivity index (χ4n) is 2.27. The zero-order valence-electron chi connectivity index (χ0n) is 10.1. The van der Waals surface area contributed by atoms with Crippen molar-refractivity contribution in [2.24, 2.45) is 0 Å². The summed E-state index contributed by atoms with van der Waals surface area (Å²) >= 11 is 0. The maximum Gasteiger partial charge on any atom is 0.293 e. The van der Waals surface area contributed by atoms with Crippen molar-refractivity contribution in [3.63, 3.8) is 0 Å². The summed E-state index contributed by atoms with van der Waals surface area (Å²) in [6.07, 6.45) is 4.08. The number of rotatable bonds is 5. The zero-order chi connectivity index (χ0) is 12.9. The molecule has 3 nitrogen and oxygen atoms in total. The highest BCUT2D eigenvalue weighted by molar-refractivity contribution is 5.86. The van der Waals surface area contributed by atoms with Crippen LogP contribution in [0.4, 0.5) is 8.78 Å². The summed E-state index contributed by atoms with van der Waals surface area (Å²) in [4.78, 5) is 10.9. The molecule has 0 aromatic rings. The van der Waals surface area contributed by atoms with Crippen LogP contribution in [-0.4, -0.2) is 31.1 Å². The van der Waals surface area contributed by atoms with Gasteiger partial charge in [0, 0.05) is 7.11 Å². The van der Waals surface area contributed by atoms with E-state index in [1.165, 1.54) is 7.11 Å². The average Bonchev–Trinajstić information content (AvgIpc) is 2.36. The van der Waals surface area contributed by atoms with Crippen molar-refractivity contribution in [2.75, 3.05) is 13.7 Å². The van der Waals surface area contributed by atoms with Crippen LogP contribution in [-0.2, 0) is 9.53 Å². The summed E-state index contributed by atoms with van der Waals surface area (Å²) in [5, 5.41) is 2.14. The Hall–Kier alpha value is -0.970. The van der Waals surface area contributed by atoms with Crippen molar-refractivity contribution in [3.05, 3.63) is 12.7 Å². The van der Waals surface area contributed by atoms with Crippen LogP contribution in [0.2, 0.25) is 0 Å². The minimum absolute atomic E-state index is 0.334. The maximum absolute atomic E-state index is 14.1. The van der Waals surface area contributed by atoms with E-state index in [0.29, 0.717) is 12.8 Å². The Bertz CT molecular complexity index is 286. The first-order valence-electron chi connectivity index (χ1n) is 5.81. The Labute approximate surface area is 100 Å². The summed E-state index contributed by atoms with van der Waals surface area (Å²) < 4.78 is 33.3. The van der Waals surface area contributed by atoms with E-state index in [1.807, 2.05) is 0 Å². The Kier molecular flexibility index (Phi) is 4.62. The third kappa shape index (κ3) is 3.03. The van der Waals surface area contributed by atoms with E-state index in [2.05, 4.69) is 11.9 Å². The summed E-state index contributed by atoms with van der Waals surface area (Å²) in [5.74, 6) is -3.65. The number of amides is 1. The molecule has 1 aliphatic rings. The minimum Gasteiger partial charge on any atom is -0.372 e. The molecule has 0 spiro atoms. The lowest BCUT2D eigenvalue weighted by atomic mass is 9.79. The lowest BCUT2D eigenvalue weighted by Gasteiger charge is -2.41. The van der Waals surface area contributed by atoms with Gasteiger partial charge in [0.1, 0.15) is 5.60 Å². The second kappa shape index (κ2) is 5.58. The van der Waals surface area contributed by atoms with E-state index in [1.54, 1.807) is 0 Å². The average molecular weight is 247 g/mol. The molecule has 1 aliphatic carbocycles. The summed E-state index contributed by atoms with van der Waals surface area (Å²) in [5.41, 5.74) is -1.43. The number of nitrogens with one attached hydrogen (secondary N) is 1. The van der Waals surface area contributed by atoms with E-state index in [4.69, 9.17) is 4.74 Å². The first kappa shape index (κ1) is 14.1. The normalized spacial score (nSPS) is 19.7. The number of alkyl halides is 2. The number of ether oxygens (including phenoxy) is 1. The summed E-state index contributed by atoms with van der Waals surface area (Å²) in [6.45, 7) is 2.52. The molecule has 0 saturated heterocycles. The number of carbonyl (C=O) groups excluding carboxylic acids is 1. The molecule has 1 N–H and O–H groups in total. The predicted molar refractivity (Wildman–Crippen MR) is 61.0 cm³/mol. The molecule has 0 bridgehead atoms. The molecule has 0 atom stereocenters. The van der Waals surface area contributed by atoms with E-state index >= 15 is 0 Å². The minimum atomic E-state index is -3.05. The number of methoxy groups -OCH3 is 1. The van der Waals surface area contributed by atoms with Crippen molar-refractivity contribution in [1.82, 2.24) is 5.32 Å². The Balaban J connectivity index is 2.70. The fraction of sp³-hybridized carbons (Fsp3) is 0.750. The van der Waals surface area contributed by atoms with E-state index in [-0.39, 0.29) is 0 Å². The van der Waals surface area contributed by atoms with Gasteiger partial charge in [-0.3, -0.25) is 4.79 Å². The van der Waals surface area contributed by atoms with Gasteiger partial charge in [0.25, 0.3) is 5.92 Å². The van der Waals surface area contributed by atoms with Gasteiger partial charge in [0.05, 0.1) is 6.54 Å². The molecule has 1 amide bonds. The molecular formula is C12H19F2NO2. The largest absolute Gasteiger partial charge is 0.372 e. The summed E-state index contributed by atoms with van der Waals surface area (Å²) in [7, 11) is 1.31. The van der Waals surface area contributed by atoms with E-state index in [0.717, 1.165) is 25.3 Å². The van der Waals surface area contributed by atoms with Crippen molar-refractivity contribution in [2.45, 2.75) is 43.6 Å². The lowest BCUT2D eigenvalue weighted by molar-refractivity contribution is -0.207. The first-order valence-corrected chi connectivity index (χ1v) is 5.81. The third-order valence-electron chi connectivity index (χ3n) is 3.39. The van der Waals surface area contributed by atoms with Crippen LogP contribution in [0, 0.1) is 0 Å². The van der Waals surface area contributed by atoms with Crippen molar-refractivity contribution >= 4 is 5.91 Å². The van der Waals surface area contributed by atoms with Crippen LogP contribution in [0.5, 0.6) is 0 Å². The highest BCUT2D eigenvalue weighted by Crippen LogP contribution is 2.42. The number of hydrogen-bond acceptors (Lipinski definition) is 2. The SMILES string of the molecule is C=CC(=O)NCC(F)(F)C1(OC)CCCCC1. The van der Waals surface area contributed by atoms with Gasteiger partial charge in [0.2, 0.25) is 5.91 Å². The Morgan fingerprint density at radius 3 is 2.53 bits per heavy atom. The van der Waals surface area contributed by atoms with Gasteiger partial charge < -0.3 is 10.1 Å². The van der Waals surface area contributed by atoms with E-state index < -0.39 is 24.0 Å². The first-order chi connectivity index (χ1) is 7.97. The van der Waals surface area contributed by atoms with Gasteiger partial charge in [0.15, 0.2) is 0 Å². The number of halogens is 2. The number of hydrogen-bond donors (Lipinski definition) is 1. The quantitative estimate of drug-likeness (QED) is 0.757. The molecule has 0 unspecified atom stereocenters. The molecule has 0 aliphatic heterocycles. The monoisotopic (exact) mass is 247 g/mol. The van der Waals surface area contributed by atoms with Crippen molar-refractivity contribution in [1.29, 1.82) is 0 Å². The van der Waals surface area contributed by atoms with Crippen LogP contribution >= 0.6 is 0 Å². The molecule has 17 heavy (non-hydrogen) atoms. The third-order valence-corrected chi connectivity index (χ3v) is 3.39. The molecule has 1 rings (SSSR count). The predicted octanol–water partition coefficient (Wildman–Crippen LogP) is 2.27. The van der Waals surface area contributed by atoms with Gasteiger partial charge in [-0.15, -0.1) is 0 Å². The van der Waals surface area contributed by atoms with Crippen molar-refractivity contribution < 1.29 is 18.3 Å². The molecular weight excluding hydrogens is 228 g/mol. The second-order valence-electron chi connectivity index (χ2n) is 4.39. The van der Waals surface area contributed by atoms with Crippen molar-refractivity contribution in [3.8, 4) is 0 Å². The smallest absolute Gasteiger partial charge is 0.293 e. The lowest BCUT2D eigenvalue weighted by Crippen LogP contribution is -2.56. The van der Waals surface area contributed by atoms with E-state index in [9.17, 15) is 13.6 Å². The molecule has 98 valence electrons. The van der Waals surface area contributed by atoms with Gasteiger partial charge in [-0.25, -0.2) is 8.78 Å². The molecule has 5 heteroatoms. The Morgan fingerprint density at radius 1 is 1.47 bits per heavy atom. The molecule has 1 fully saturated rings. The Morgan fingerprint density at radius 2 is 2.06 bits per heavy atom. The van der Waals surface area contributed by atoms with Crippen LogP contribution in [0.3, 0.4) is 0 Å². The van der Waals surface area contributed by atoms with Crippen LogP contribution in [0.1, 0.15) is 32.1 Å². The van der Waals surface area contributed by atoms with Gasteiger partial charge in [-0.2, -0.15) is 0 Å². The highest BCUT2D eigenvalue weighted by atomic mass is 19.3. The van der Waals surface area contributed by atoms with Crippen LogP contribution < -0.4 is 5.32 Å². The standard InChI is InChI=1S/C12H19F2NO2/c1-3-10(16)15-9-12(13,14)11(17-2)7-5-4-6-8-11/h3H,1,4-9H2,2H3,(H,15,16). The highest BCUT2D eigenvalue weighted by Gasteiger charge is 2.54. The molecule has 0 aromatic carbocycles. The van der Waals surface area contributed by atoms with Gasteiger partial charge >= 0.3 is 0 Å². The topological polar surface area (TPSA) is 38.3 Å². The molecule has 0 radical (unpaired) electrons. The molecule has 0 aromatic heterocycles.